The van der Waals surface area contributed by atoms with Crippen LogP contribution in [0.2, 0.25) is 13.1 Å². The van der Waals surface area contributed by atoms with E-state index < -0.39 is 90.5 Å². The summed E-state index contributed by atoms with van der Waals surface area (Å²) in [5, 5.41) is 26.0. The lowest BCUT2D eigenvalue weighted by Crippen LogP contribution is -2.82. The van der Waals surface area contributed by atoms with Crippen LogP contribution < -0.4 is 5.19 Å². The summed E-state index contributed by atoms with van der Waals surface area (Å²) in [5.74, 6) is -3.95. The average molecular weight is 735 g/mol. The molecule has 6 rings (SSSR count). The molecule has 1 heterocycles. The van der Waals surface area contributed by atoms with Crippen LogP contribution in [0.15, 0.2) is 71.8 Å². The maximum absolute atomic E-state index is 15.8. The van der Waals surface area contributed by atoms with Crippen LogP contribution >= 0.6 is 0 Å². The Morgan fingerprint density at radius 1 is 0.981 bits per heavy atom. The van der Waals surface area contributed by atoms with Crippen molar-refractivity contribution in [2.75, 3.05) is 6.61 Å². The SMILES string of the molecule is CCC(=O)O[C@H]1C(=O)[C@]2(C)C(O[Si](C)(C)c3ccccc3)C[C@H]3OC[C@@]3(OC(C)=O)C2[C@H](OC(=O)c2ccccc2)[C@]2(O)C[C@H](O)C(C)=C1C2(C)C. The normalized spacial score (nSPS) is 35.2. The second-order valence-electron chi connectivity index (χ2n) is 16.0. The van der Waals surface area contributed by atoms with Crippen LogP contribution in [0.5, 0.6) is 0 Å². The number of aliphatic hydroxyl groups is 2. The molecule has 2 aromatic carbocycles. The van der Waals surface area contributed by atoms with E-state index >= 15 is 4.79 Å². The number of esters is 3. The fourth-order valence-electron chi connectivity index (χ4n) is 9.37. The second kappa shape index (κ2) is 13.3. The molecule has 0 spiro atoms. The van der Waals surface area contributed by atoms with Crippen LogP contribution in [0.3, 0.4) is 0 Å². The minimum Gasteiger partial charge on any atom is -0.455 e. The number of aliphatic hydroxyl groups excluding tert-OH is 1. The molecule has 0 radical (unpaired) electrons. The van der Waals surface area contributed by atoms with Crippen LogP contribution in [0, 0.1) is 16.7 Å². The summed E-state index contributed by atoms with van der Waals surface area (Å²) in [5.41, 5.74) is -6.03. The monoisotopic (exact) mass is 734 g/mol. The van der Waals surface area contributed by atoms with Crippen molar-refractivity contribution in [2.24, 2.45) is 16.7 Å². The predicted octanol–water partition coefficient (Wildman–Crippen LogP) is 4.18. The molecule has 2 unspecified atom stereocenters. The molecular formula is C40H50O11Si. The zero-order valence-electron chi connectivity index (χ0n) is 31.1. The van der Waals surface area contributed by atoms with Gasteiger partial charge in [-0.05, 0) is 55.4 Å². The van der Waals surface area contributed by atoms with Gasteiger partial charge in [0.15, 0.2) is 17.5 Å². The van der Waals surface area contributed by atoms with Gasteiger partial charge in [-0.25, -0.2) is 4.79 Å². The third kappa shape index (κ3) is 5.78. The van der Waals surface area contributed by atoms with Crippen molar-refractivity contribution in [2.45, 2.75) is 116 Å². The maximum atomic E-state index is 15.8. The number of Topliss-reactive ketones (excluding diaryl/α,β-unsaturated/α-hetero) is 1. The van der Waals surface area contributed by atoms with E-state index in [1.807, 2.05) is 43.4 Å². The van der Waals surface area contributed by atoms with Gasteiger partial charge >= 0.3 is 17.9 Å². The number of ether oxygens (including phenoxy) is 4. The van der Waals surface area contributed by atoms with E-state index in [0.29, 0.717) is 5.57 Å². The van der Waals surface area contributed by atoms with Crippen LogP contribution in [0.25, 0.3) is 0 Å². The Balaban J connectivity index is 1.67. The Bertz CT molecular complexity index is 1770. The Morgan fingerprint density at radius 3 is 2.15 bits per heavy atom. The topological polar surface area (TPSA) is 155 Å². The van der Waals surface area contributed by atoms with E-state index in [9.17, 15) is 24.6 Å². The average Bonchev–Trinajstić information content (AvgIpc) is 3.09. The van der Waals surface area contributed by atoms with Crippen LogP contribution in [-0.2, 0) is 37.8 Å². The summed E-state index contributed by atoms with van der Waals surface area (Å²) >= 11 is 0. The molecule has 11 nitrogen and oxygen atoms in total. The fourth-order valence-corrected chi connectivity index (χ4v) is 11.6. The van der Waals surface area contributed by atoms with Gasteiger partial charge in [0.2, 0.25) is 8.32 Å². The number of carbonyl (C=O) groups excluding carboxylic acids is 4. The minimum absolute atomic E-state index is 0.0397. The highest BCUT2D eigenvalue weighted by molar-refractivity contribution is 6.84. The molecule has 1 aliphatic heterocycles. The largest absolute Gasteiger partial charge is 0.455 e. The number of hydrogen-bond donors (Lipinski definition) is 2. The van der Waals surface area contributed by atoms with Crippen molar-refractivity contribution < 1.29 is 52.8 Å². The molecule has 3 aliphatic carbocycles. The molecule has 4 aliphatic rings. The summed E-state index contributed by atoms with van der Waals surface area (Å²) in [6.07, 6.45) is -6.39. The summed E-state index contributed by atoms with van der Waals surface area (Å²) in [7, 11) is -2.85. The van der Waals surface area contributed by atoms with Gasteiger partial charge in [0, 0.05) is 31.6 Å². The molecule has 52 heavy (non-hydrogen) atoms. The maximum Gasteiger partial charge on any atom is 0.338 e. The lowest BCUT2D eigenvalue weighted by Gasteiger charge is -2.68. The van der Waals surface area contributed by atoms with Gasteiger partial charge in [-0.15, -0.1) is 0 Å². The van der Waals surface area contributed by atoms with Crippen molar-refractivity contribution in [3.05, 3.63) is 77.4 Å². The van der Waals surface area contributed by atoms with E-state index in [0.717, 1.165) is 5.19 Å². The predicted molar refractivity (Wildman–Crippen MR) is 192 cm³/mol. The molecule has 2 aromatic rings. The number of fused-ring (bicyclic) bond motifs is 5. The molecule has 3 fully saturated rings. The third-order valence-corrected chi connectivity index (χ3v) is 14.9. The van der Waals surface area contributed by atoms with Gasteiger partial charge in [-0.1, -0.05) is 69.3 Å². The van der Waals surface area contributed by atoms with Crippen LogP contribution in [0.4, 0.5) is 0 Å². The minimum atomic E-state index is -2.85. The highest BCUT2D eigenvalue weighted by Crippen LogP contribution is 2.65. The van der Waals surface area contributed by atoms with Gasteiger partial charge < -0.3 is 33.6 Å². The number of carbonyl (C=O) groups is 4. The number of hydrogen-bond acceptors (Lipinski definition) is 11. The highest BCUT2D eigenvalue weighted by atomic mass is 28.4. The molecule has 1 saturated heterocycles. The summed E-state index contributed by atoms with van der Waals surface area (Å²) in [6.45, 7) is 13.5. The van der Waals surface area contributed by atoms with E-state index in [-0.39, 0.29) is 37.0 Å². The molecule has 12 heteroatoms. The highest BCUT2D eigenvalue weighted by Gasteiger charge is 2.78. The molecule has 0 amide bonds. The van der Waals surface area contributed by atoms with Crippen LogP contribution in [-0.4, -0.2) is 90.6 Å². The molecule has 2 N–H and O–H groups in total. The van der Waals surface area contributed by atoms with Gasteiger partial charge in [-0.2, -0.15) is 0 Å². The zero-order valence-corrected chi connectivity index (χ0v) is 32.1. The van der Waals surface area contributed by atoms with Crippen molar-refractivity contribution in [3.8, 4) is 0 Å². The Labute approximate surface area is 305 Å². The standard InChI is InChI=1S/C40H50O11Si/c1-9-30(43)48-32-31-23(2)27(42)21-40(46,37(31,4)5)35(49-36(45)25-16-12-10-13-17-25)33-38(6,34(32)44)28(20-29-39(33,22-47-29)50-24(3)41)51-52(7,8)26-18-14-11-15-19-26/h10-19,27-29,32-33,35,42,46H,9,20-22H2,1-8H3/t27-,28?,29+,32+,33?,35-,38+,39-,40+/m0/s1. The number of benzene rings is 2. The second-order valence-corrected chi connectivity index (χ2v) is 19.8. The quantitative estimate of drug-likeness (QED) is 0.174. The van der Waals surface area contributed by atoms with Gasteiger partial charge in [0.1, 0.15) is 17.8 Å². The van der Waals surface area contributed by atoms with Crippen molar-refractivity contribution >= 4 is 37.2 Å². The lowest BCUT2D eigenvalue weighted by atomic mass is 9.44. The van der Waals surface area contributed by atoms with Crippen molar-refractivity contribution in [1.29, 1.82) is 0 Å². The molecule has 0 aromatic heterocycles. The summed E-state index contributed by atoms with van der Waals surface area (Å²) in [6, 6.07) is 17.9. The van der Waals surface area contributed by atoms with E-state index in [2.05, 4.69) is 0 Å². The molecule has 280 valence electrons. The van der Waals surface area contributed by atoms with Crippen LogP contribution in [0.1, 0.15) is 71.2 Å². The Hall–Kier alpha value is -3.68. The smallest absolute Gasteiger partial charge is 0.338 e. The number of ketones is 1. The first-order chi connectivity index (χ1) is 24.3. The molecular weight excluding hydrogens is 685 g/mol. The Morgan fingerprint density at radius 2 is 1.60 bits per heavy atom. The lowest BCUT2D eigenvalue weighted by molar-refractivity contribution is -0.344. The Kier molecular flexibility index (Phi) is 9.74. The molecule has 2 saturated carbocycles. The van der Waals surface area contributed by atoms with Gasteiger partial charge in [0.05, 0.1) is 35.7 Å². The summed E-state index contributed by atoms with van der Waals surface area (Å²) < 4.78 is 32.1. The van der Waals surface area contributed by atoms with E-state index in [4.69, 9.17) is 23.4 Å². The van der Waals surface area contributed by atoms with Crippen molar-refractivity contribution in [3.63, 3.8) is 0 Å². The van der Waals surface area contributed by atoms with Gasteiger partial charge in [-0.3, -0.25) is 14.4 Å². The van der Waals surface area contributed by atoms with E-state index in [1.54, 1.807) is 65.0 Å². The van der Waals surface area contributed by atoms with Crippen molar-refractivity contribution in [1.82, 2.24) is 0 Å². The fraction of sp³-hybridized carbons (Fsp3) is 0.550. The first-order valence-electron chi connectivity index (χ1n) is 18.0. The first kappa shape index (κ1) is 38.1. The van der Waals surface area contributed by atoms with Gasteiger partial charge in [0.25, 0.3) is 0 Å². The number of rotatable bonds is 8. The third-order valence-electron chi connectivity index (χ3n) is 12.3. The summed E-state index contributed by atoms with van der Waals surface area (Å²) in [4.78, 5) is 56.3. The molecule has 2 bridgehead atoms. The first-order valence-corrected chi connectivity index (χ1v) is 20.9. The molecule has 9 atom stereocenters. The van der Waals surface area contributed by atoms with E-state index in [1.165, 1.54) is 6.92 Å². The zero-order chi connectivity index (χ0) is 38.0.